The molecule has 3 rings (SSSR count). The van der Waals surface area contributed by atoms with Crippen LogP contribution in [0.1, 0.15) is 41.1 Å². The summed E-state index contributed by atoms with van der Waals surface area (Å²) in [5, 5.41) is 16.6. The molecule has 0 aliphatic carbocycles. The highest BCUT2D eigenvalue weighted by atomic mass is 32.2. The van der Waals surface area contributed by atoms with Crippen LogP contribution in [0.4, 0.5) is 0 Å². The summed E-state index contributed by atoms with van der Waals surface area (Å²) in [4.78, 5) is 4.20. The van der Waals surface area contributed by atoms with Crippen LogP contribution in [-0.4, -0.2) is 35.2 Å². The number of aromatic nitrogens is 3. The second-order valence-corrected chi connectivity index (χ2v) is 7.22. The van der Waals surface area contributed by atoms with Crippen molar-refractivity contribution in [2.75, 3.05) is 11.5 Å². The topological polar surface area (TPSA) is 123 Å². The van der Waals surface area contributed by atoms with Crippen LogP contribution in [0, 0.1) is 18.3 Å². The van der Waals surface area contributed by atoms with Gasteiger partial charge in [-0.3, -0.25) is 0 Å². The van der Waals surface area contributed by atoms with Crippen molar-refractivity contribution in [3.63, 3.8) is 0 Å². The van der Waals surface area contributed by atoms with E-state index >= 15 is 0 Å². The van der Waals surface area contributed by atoms with E-state index in [-0.39, 0.29) is 23.8 Å². The standard InChI is InChI=1S/C12H12N4O4S/c1-7-9(5-13)10(15-19-7)4-11-14-12(16-20-11)8-2-3-21(17,18)6-8/h8H,2-4,6H2,1H3. The lowest BCUT2D eigenvalue weighted by Crippen LogP contribution is -2.05. The van der Waals surface area contributed by atoms with Crippen LogP contribution in [0.25, 0.3) is 0 Å². The molecule has 0 amide bonds. The molecule has 1 fully saturated rings. The van der Waals surface area contributed by atoms with Crippen molar-refractivity contribution in [1.29, 1.82) is 5.26 Å². The molecule has 0 saturated carbocycles. The van der Waals surface area contributed by atoms with Crippen LogP contribution >= 0.6 is 0 Å². The summed E-state index contributed by atoms with van der Waals surface area (Å²) >= 11 is 0. The molecule has 1 aliphatic rings. The van der Waals surface area contributed by atoms with E-state index in [1.165, 1.54) is 0 Å². The van der Waals surface area contributed by atoms with Gasteiger partial charge in [0.05, 0.1) is 17.9 Å². The van der Waals surface area contributed by atoms with Crippen molar-refractivity contribution in [3.8, 4) is 6.07 Å². The molecule has 0 aromatic carbocycles. The highest BCUT2D eigenvalue weighted by Crippen LogP contribution is 2.27. The first-order chi connectivity index (χ1) is 9.98. The van der Waals surface area contributed by atoms with Gasteiger partial charge in [-0.2, -0.15) is 10.2 Å². The van der Waals surface area contributed by atoms with E-state index in [1.54, 1.807) is 6.92 Å². The summed E-state index contributed by atoms with van der Waals surface area (Å²) in [6, 6.07) is 2.01. The van der Waals surface area contributed by atoms with E-state index in [2.05, 4.69) is 15.3 Å². The summed E-state index contributed by atoms with van der Waals surface area (Å²) < 4.78 is 33.0. The Kier molecular flexibility index (Phi) is 3.25. The normalized spacial score (nSPS) is 20.5. The van der Waals surface area contributed by atoms with Crippen molar-refractivity contribution in [3.05, 3.63) is 28.7 Å². The predicted molar refractivity (Wildman–Crippen MR) is 69.1 cm³/mol. The van der Waals surface area contributed by atoms with Gasteiger partial charge in [0.2, 0.25) is 5.89 Å². The van der Waals surface area contributed by atoms with Crippen molar-refractivity contribution < 1.29 is 17.5 Å². The fraction of sp³-hybridized carbons (Fsp3) is 0.500. The van der Waals surface area contributed by atoms with Gasteiger partial charge < -0.3 is 9.05 Å². The summed E-state index contributed by atoms with van der Waals surface area (Å²) in [5.41, 5.74) is 0.794. The molecule has 0 N–H and O–H groups in total. The Morgan fingerprint density at radius 1 is 1.38 bits per heavy atom. The molecule has 8 nitrogen and oxygen atoms in total. The highest BCUT2D eigenvalue weighted by Gasteiger charge is 2.32. The molecule has 0 bridgehead atoms. The Morgan fingerprint density at radius 3 is 2.86 bits per heavy atom. The fourth-order valence-corrected chi connectivity index (χ4v) is 4.07. The minimum absolute atomic E-state index is 0.0541. The van der Waals surface area contributed by atoms with Crippen LogP contribution in [0.2, 0.25) is 0 Å². The molecule has 1 unspecified atom stereocenters. The first-order valence-electron chi connectivity index (χ1n) is 6.36. The van der Waals surface area contributed by atoms with Crippen molar-refractivity contribution in [2.24, 2.45) is 0 Å². The minimum atomic E-state index is -2.99. The van der Waals surface area contributed by atoms with Gasteiger partial charge in [0.1, 0.15) is 17.3 Å². The van der Waals surface area contributed by atoms with Gasteiger partial charge in [-0.15, -0.1) is 0 Å². The third kappa shape index (κ3) is 2.67. The largest absolute Gasteiger partial charge is 0.360 e. The fourth-order valence-electron chi connectivity index (χ4n) is 2.33. The molecule has 1 saturated heterocycles. The maximum atomic E-state index is 11.5. The number of sulfone groups is 1. The van der Waals surface area contributed by atoms with E-state index < -0.39 is 9.84 Å². The van der Waals surface area contributed by atoms with E-state index in [0.717, 1.165) is 0 Å². The number of hydrogen-bond acceptors (Lipinski definition) is 8. The van der Waals surface area contributed by atoms with Crippen LogP contribution in [-0.2, 0) is 16.3 Å². The first-order valence-corrected chi connectivity index (χ1v) is 8.19. The van der Waals surface area contributed by atoms with Gasteiger partial charge in [-0.25, -0.2) is 8.42 Å². The average molecular weight is 308 g/mol. The van der Waals surface area contributed by atoms with E-state index in [1.807, 2.05) is 6.07 Å². The zero-order chi connectivity index (χ0) is 15.0. The molecule has 0 radical (unpaired) electrons. The van der Waals surface area contributed by atoms with Crippen LogP contribution in [0.3, 0.4) is 0 Å². The predicted octanol–water partition coefficient (Wildman–Crippen LogP) is 0.731. The van der Waals surface area contributed by atoms with Crippen LogP contribution < -0.4 is 0 Å². The van der Waals surface area contributed by atoms with Gasteiger partial charge in [-0.05, 0) is 13.3 Å². The van der Waals surface area contributed by atoms with Gasteiger partial charge in [0, 0.05) is 5.92 Å². The molecular weight excluding hydrogens is 296 g/mol. The maximum absolute atomic E-state index is 11.5. The molecule has 9 heteroatoms. The van der Waals surface area contributed by atoms with E-state index in [4.69, 9.17) is 14.3 Å². The van der Waals surface area contributed by atoms with Crippen LogP contribution in [0.5, 0.6) is 0 Å². The molecule has 21 heavy (non-hydrogen) atoms. The molecule has 110 valence electrons. The zero-order valence-electron chi connectivity index (χ0n) is 11.2. The monoisotopic (exact) mass is 308 g/mol. The number of nitriles is 1. The maximum Gasteiger partial charge on any atom is 0.232 e. The Morgan fingerprint density at radius 2 is 2.19 bits per heavy atom. The number of nitrogens with zero attached hydrogens (tertiary/aromatic N) is 4. The van der Waals surface area contributed by atoms with E-state index in [0.29, 0.717) is 35.2 Å². The Labute approximate surface area is 120 Å². The van der Waals surface area contributed by atoms with Gasteiger partial charge in [-0.1, -0.05) is 10.3 Å². The molecule has 2 aromatic heterocycles. The first kappa shape index (κ1) is 13.8. The lowest BCUT2D eigenvalue weighted by atomic mass is 10.1. The van der Waals surface area contributed by atoms with Gasteiger partial charge >= 0.3 is 0 Å². The molecule has 0 spiro atoms. The lowest BCUT2D eigenvalue weighted by molar-refractivity contribution is 0.366. The molecule has 3 heterocycles. The third-order valence-corrected chi connectivity index (χ3v) is 5.21. The Balaban J connectivity index is 1.78. The SMILES string of the molecule is Cc1onc(Cc2nc(C3CCS(=O)(=O)C3)no2)c1C#N. The second kappa shape index (κ2) is 4.96. The zero-order valence-corrected chi connectivity index (χ0v) is 12.1. The van der Waals surface area contributed by atoms with Crippen molar-refractivity contribution in [2.45, 2.75) is 25.7 Å². The summed E-state index contributed by atoms with van der Waals surface area (Å²) in [5.74, 6) is 1.11. The minimum Gasteiger partial charge on any atom is -0.360 e. The number of rotatable bonds is 3. The number of hydrogen-bond donors (Lipinski definition) is 0. The van der Waals surface area contributed by atoms with Gasteiger partial charge in [0.15, 0.2) is 21.4 Å². The summed E-state index contributed by atoms with van der Waals surface area (Å²) in [7, 11) is -2.99. The summed E-state index contributed by atoms with van der Waals surface area (Å²) in [6.07, 6.45) is 0.695. The summed E-state index contributed by atoms with van der Waals surface area (Å²) in [6.45, 7) is 1.65. The quantitative estimate of drug-likeness (QED) is 0.813. The third-order valence-electron chi connectivity index (χ3n) is 3.45. The van der Waals surface area contributed by atoms with Crippen molar-refractivity contribution >= 4 is 9.84 Å². The second-order valence-electron chi connectivity index (χ2n) is 5.00. The smallest absolute Gasteiger partial charge is 0.232 e. The average Bonchev–Trinajstić information content (AvgIpc) is 3.10. The van der Waals surface area contributed by atoms with Gasteiger partial charge in [0.25, 0.3) is 0 Å². The lowest BCUT2D eigenvalue weighted by Gasteiger charge is -1.98. The Hall–Kier alpha value is -2.21. The molecule has 2 aromatic rings. The molecule has 1 atom stereocenters. The molecule has 1 aliphatic heterocycles. The van der Waals surface area contributed by atoms with E-state index in [9.17, 15) is 8.42 Å². The van der Waals surface area contributed by atoms with Crippen molar-refractivity contribution in [1.82, 2.24) is 15.3 Å². The Bertz CT molecular complexity index is 815. The van der Waals surface area contributed by atoms with Crippen LogP contribution in [0.15, 0.2) is 9.05 Å². The molecular formula is C12H12N4O4S. The number of aryl methyl sites for hydroxylation is 1. The highest BCUT2D eigenvalue weighted by molar-refractivity contribution is 7.91.